The monoisotopic (exact) mass is 766 g/mol. The number of hydrogen-bond donors (Lipinski definition) is 6. The number of aliphatic hydroxyl groups is 2. The molecular formula is C33H46N6O11S2. The Morgan fingerprint density at radius 2 is 1.48 bits per heavy atom. The fourth-order valence-electron chi connectivity index (χ4n) is 4.03. The molecule has 6 N–H and O–H groups in total. The lowest BCUT2D eigenvalue weighted by atomic mass is 10.1. The normalized spacial score (nSPS) is 14.0. The Morgan fingerprint density at radius 1 is 0.885 bits per heavy atom. The topological polar surface area (TPSA) is 251 Å². The maximum atomic E-state index is 13.1. The minimum Gasteiger partial charge on any atom is -0.463 e. The first-order chi connectivity index (χ1) is 24.4. The first kappa shape index (κ1) is 43.6. The van der Waals surface area contributed by atoms with Gasteiger partial charge in [0.2, 0.25) is 17.7 Å². The number of thioether (sulfide) groups is 1. The van der Waals surface area contributed by atoms with Gasteiger partial charge in [-0.1, -0.05) is 30.3 Å². The molecule has 0 aliphatic heterocycles. The van der Waals surface area contributed by atoms with E-state index in [4.69, 9.17) is 9.47 Å². The predicted molar refractivity (Wildman–Crippen MR) is 192 cm³/mol. The van der Waals surface area contributed by atoms with Gasteiger partial charge in [-0.25, -0.2) is 18.0 Å². The molecule has 0 saturated carbocycles. The van der Waals surface area contributed by atoms with Crippen molar-refractivity contribution in [3.8, 4) is 0 Å². The van der Waals surface area contributed by atoms with E-state index in [0.717, 1.165) is 11.8 Å². The molecule has 0 heterocycles. The fraction of sp³-hybridized carbons (Fsp3) is 0.485. The van der Waals surface area contributed by atoms with Gasteiger partial charge in [-0.2, -0.15) is 10.2 Å². The second-order valence-electron chi connectivity index (χ2n) is 12.4. The van der Waals surface area contributed by atoms with Gasteiger partial charge in [0, 0.05) is 12.7 Å². The van der Waals surface area contributed by atoms with E-state index in [1.54, 1.807) is 57.2 Å². The third kappa shape index (κ3) is 17.1. The molecule has 2 aromatic carbocycles. The van der Waals surface area contributed by atoms with Crippen LogP contribution in [0.1, 0.15) is 40.2 Å². The number of sulfone groups is 1. The largest absolute Gasteiger partial charge is 0.463 e. The average molecular weight is 767 g/mol. The Hall–Kier alpha value is -4.59. The Balaban J connectivity index is 2.02. The number of alkyl carbamates (subject to hydrolysis) is 1. The van der Waals surface area contributed by atoms with E-state index in [1.165, 1.54) is 13.8 Å². The fourth-order valence-corrected chi connectivity index (χ4v) is 6.09. The van der Waals surface area contributed by atoms with Gasteiger partial charge in [0.25, 0.3) is 0 Å². The van der Waals surface area contributed by atoms with Crippen molar-refractivity contribution in [2.24, 2.45) is 10.2 Å². The minimum absolute atomic E-state index is 0.0579. The van der Waals surface area contributed by atoms with Gasteiger partial charge in [0.15, 0.2) is 9.84 Å². The number of hydrogen-bond acceptors (Lipinski definition) is 14. The SMILES string of the molecule is CC(=O)NCSC[C@H](NC(=O)[C@H](CO)NC(=O)[C@@H](NC(=O)OC(C)(C)C)C(C)O)C(=O)OCCS(=O)(=O)Cc1ccc(N=Nc2ccccc2)cc1. The number of rotatable bonds is 19. The number of azo groups is 1. The van der Waals surface area contributed by atoms with E-state index in [9.17, 15) is 42.6 Å². The van der Waals surface area contributed by atoms with Crippen molar-refractivity contribution in [2.45, 2.75) is 70.2 Å². The van der Waals surface area contributed by atoms with Crippen molar-refractivity contribution in [3.63, 3.8) is 0 Å². The van der Waals surface area contributed by atoms with Crippen LogP contribution in [0.5, 0.6) is 0 Å². The molecule has 1 unspecified atom stereocenters. The van der Waals surface area contributed by atoms with Crippen LogP contribution in [0.15, 0.2) is 64.8 Å². The van der Waals surface area contributed by atoms with Crippen LogP contribution in [0.2, 0.25) is 0 Å². The van der Waals surface area contributed by atoms with Gasteiger partial charge >= 0.3 is 12.1 Å². The number of carbonyl (C=O) groups excluding carboxylic acids is 5. The number of aliphatic hydroxyl groups excluding tert-OH is 2. The summed E-state index contributed by atoms with van der Waals surface area (Å²) in [6.45, 7) is 5.79. The number of carbonyl (C=O) groups is 5. The van der Waals surface area contributed by atoms with Crippen LogP contribution < -0.4 is 21.3 Å². The molecule has 52 heavy (non-hydrogen) atoms. The highest BCUT2D eigenvalue weighted by molar-refractivity contribution is 7.99. The van der Waals surface area contributed by atoms with E-state index in [1.807, 2.05) is 18.2 Å². The summed E-state index contributed by atoms with van der Waals surface area (Å²) in [6, 6.07) is 10.9. The van der Waals surface area contributed by atoms with Crippen LogP contribution in [0.3, 0.4) is 0 Å². The second-order valence-corrected chi connectivity index (χ2v) is 15.6. The molecule has 0 aromatic heterocycles. The van der Waals surface area contributed by atoms with Crippen molar-refractivity contribution < 1.29 is 52.1 Å². The van der Waals surface area contributed by atoms with Gasteiger partial charge in [0.1, 0.15) is 30.3 Å². The van der Waals surface area contributed by atoms with E-state index in [0.29, 0.717) is 16.9 Å². The molecular weight excluding hydrogens is 721 g/mol. The lowest BCUT2D eigenvalue weighted by molar-refractivity contribution is -0.147. The summed E-state index contributed by atoms with van der Waals surface area (Å²) in [4.78, 5) is 62.5. The van der Waals surface area contributed by atoms with Gasteiger partial charge < -0.3 is 41.0 Å². The summed E-state index contributed by atoms with van der Waals surface area (Å²) in [6.07, 6.45) is -2.45. The maximum Gasteiger partial charge on any atom is 0.408 e. The average Bonchev–Trinajstić information content (AvgIpc) is 3.06. The summed E-state index contributed by atoms with van der Waals surface area (Å²) < 4.78 is 35.9. The Bertz CT molecular complexity index is 1630. The summed E-state index contributed by atoms with van der Waals surface area (Å²) in [5.41, 5.74) is 0.742. The van der Waals surface area contributed by atoms with Crippen LogP contribution in [-0.4, -0.2) is 109 Å². The molecule has 0 fully saturated rings. The van der Waals surface area contributed by atoms with Crippen molar-refractivity contribution >= 4 is 62.8 Å². The number of amides is 4. The van der Waals surface area contributed by atoms with Crippen LogP contribution in [-0.2, 0) is 44.2 Å². The minimum atomic E-state index is -3.75. The van der Waals surface area contributed by atoms with Gasteiger partial charge in [-0.05, 0) is 57.5 Å². The van der Waals surface area contributed by atoms with Gasteiger partial charge in [-0.3, -0.25) is 14.4 Å². The summed E-state index contributed by atoms with van der Waals surface area (Å²) in [7, 11) is -3.75. The third-order valence-electron chi connectivity index (χ3n) is 6.56. The molecule has 0 saturated heterocycles. The number of esters is 1. The summed E-state index contributed by atoms with van der Waals surface area (Å²) in [5, 5.41) is 37.5. The first-order valence-corrected chi connectivity index (χ1v) is 19.0. The van der Waals surface area contributed by atoms with E-state index >= 15 is 0 Å². The van der Waals surface area contributed by atoms with Crippen LogP contribution in [0.25, 0.3) is 0 Å². The summed E-state index contributed by atoms with van der Waals surface area (Å²) in [5.74, 6) is -4.39. The number of benzene rings is 2. The highest BCUT2D eigenvalue weighted by atomic mass is 32.2. The lowest BCUT2D eigenvalue weighted by Gasteiger charge is -2.26. The number of nitrogens with one attached hydrogen (secondary N) is 4. The standard InChI is InChI=1S/C33H46N6O11S2/c1-21(41)28(37-32(46)50-33(3,4)5)30(44)35-26(17-40)29(43)36-27(18-51-20-34-22(2)42)31(45)49-15-16-52(47,48)19-23-11-13-25(14-12-23)39-38-24-9-7-6-8-10-24/h6-14,21,26-28,40-41H,15-20H2,1-5H3,(H,34,42)(H,35,44)(H,36,43)(H,37,46)/t21?,26-,27-,28-/m0/s1. The second kappa shape index (κ2) is 21.1. The first-order valence-electron chi connectivity index (χ1n) is 16.0. The van der Waals surface area contributed by atoms with Crippen LogP contribution in [0.4, 0.5) is 16.2 Å². The maximum absolute atomic E-state index is 13.1. The molecule has 0 aliphatic rings. The zero-order valence-corrected chi connectivity index (χ0v) is 31.2. The van der Waals surface area contributed by atoms with E-state index in [-0.39, 0.29) is 23.3 Å². The Kier molecular flexibility index (Phi) is 17.6. The zero-order chi connectivity index (χ0) is 38.9. The number of nitrogens with zero attached hydrogens (tertiary/aromatic N) is 2. The molecule has 286 valence electrons. The smallest absolute Gasteiger partial charge is 0.408 e. The van der Waals surface area contributed by atoms with Crippen molar-refractivity contribution in [2.75, 3.05) is 30.6 Å². The Morgan fingerprint density at radius 3 is 2.04 bits per heavy atom. The molecule has 17 nitrogen and oxygen atoms in total. The van der Waals surface area contributed by atoms with Crippen molar-refractivity contribution in [3.05, 3.63) is 60.2 Å². The molecule has 4 atom stereocenters. The Labute approximate surface area is 306 Å². The van der Waals surface area contributed by atoms with Crippen LogP contribution in [0, 0.1) is 0 Å². The molecule has 19 heteroatoms. The molecule has 0 spiro atoms. The number of ether oxygens (including phenoxy) is 2. The molecule has 4 amide bonds. The van der Waals surface area contributed by atoms with Gasteiger partial charge in [-0.15, -0.1) is 11.8 Å². The highest BCUT2D eigenvalue weighted by Crippen LogP contribution is 2.19. The molecule has 0 bridgehead atoms. The zero-order valence-electron chi connectivity index (χ0n) is 29.5. The van der Waals surface area contributed by atoms with E-state index in [2.05, 4.69) is 31.5 Å². The van der Waals surface area contributed by atoms with E-state index < -0.39 is 82.5 Å². The molecule has 0 aliphatic carbocycles. The predicted octanol–water partition coefficient (Wildman–Crippen LogP) is 1.62. The molecule has 2 rings (SSSR count). The van der Waals surface area contributed by atoms with Crippen molar-refractivity contribution in [1.29, 1.82) is 0 Å². The van der Waals surface area contributed by atoms with Crippen molar-refractivity contribution in [1.82, 2.24) is 21.3 Å². The lowest BCUT2D eigenvalue weighted by Crippen LogP contribution is -2.59. The summed E-state index contributed by atoms with van der Waals surface area (Å²) >= 11 is 1.03. The highest BCUT2D eigenvalue weighted by Gasteiger charge is 2.33. The quantitative estimate of drug-likeness (QED) is 0.0517. The third-order valence-corrected chi connectivity index (χ3v) is 9.04. The molecule has 0 radical (unpaired) electrons. The van der Waals surface area contributed by atoms with Gasteiger partial charge in [0.05, 0.1) is 41.5 Å². The molecule has 2 aromatic rings. The van der Waals surface area contributed by atoms with Crippen LogP contribution >= 0.6 is 11.8 Å².